The van der Waals surface area contributed by atoms with Crippen molar-refractivity contribution < 1.29 is 9.90 Å². The molecule has 1 aliphatic rings. The molecule has 0 spiro atoms. The van der Waals surface area contributed by atoms with E-state index in [1.54, 1.807) is 0 Å². The maximum atomic E-state index is 13.0. The lowest BCUT2D eigenvalue weighted by atomic mass is 9.98. The van der Waals surface area contributed by atoms with E-state index in [1.807, 2.05) is 29.2 Å². The average Bonchev–Trinajstić information content (AvgIpc) is 2.93. The maximum absolute atomic E-state index is 13.0. The molecule has 0 aliphatic carbocycles. The molecule has 0 bridgehead atoms. The van der Waals surface area contributed by atoms with E-state index in [4.69, 9.17) is 0 Å². The second-order valence-corrected chi connectivity index (χ2v) is 6.41. The van der Waals surface area contributed by atoms with Crippen LogP contribution in [0.1, 0.15) is 34.6 Å². The third kappa shape index (κ3) is 3.04. The molecule has 1 aromatic carbocycles. The van der Waals surface area contributed by atoms with Gasteiger partial charge in [-0.1, -0.05) is 12.1 Å². The minimum Gasteiger partial charge on any atom is -0.396 e. The number of aliphatic hydroxyl groups excluding tert-OH is 1. The van der Waals surface area contributed by atoms with E-state index in [1.165, 1.54) is 0 Å². The van der Waals surface area contributed by atoms with Crippen LogP contribution < -0.4 is 0 Å². The van der Waals surface area contributed by atoms with Gasteiger partial charge in [0.1, 0.15) is 0 Å². The number of para-hydroxylation sites is 1. The maximum Gasteiger partial charge on any atom is 0.255 e. The number of aryl methyl sites for hydroxylation is 2. The average molecular weight is 312 g/mol. The number of rotatable bonds is 3. The van der Waals surface area contributed by atoms with Crippen LogP contribution in [0.5, 0.6) is 0 Å². The first-order valence-corrected chi connectivity index (χ1v) is 8.26. The highest BCUT2D eigenvalue weighted by Gasteiger charge is 2.26. The van der Waals surface area contributed by atoms with Crippen molar-refractivity contribution in [1.82, 2.24) is 9.47 Å². The van der Waals surface area contributed by atoms with Gasteiger partial charge in [0.05, 0.1) is 11.3 Å². The van der Waals surface area contributed by atoms with Crippen LogP contribution in [0.2, 0.25) is 0 Å². The molecule has 1 fully saturated rings. The standard InChI is InChI=1S/C19H24N2O2/c1-14-9-10-15(2)21(14)18-8-4-3-7-17(18)19(23)20-11-5-6-16(12-20)13-22/h3-4,7-10,16,22H,5-6,11-13H2,1-2H3. The van der Waals surface area contributed by atoms with E-state index < -0.39 is 0 Å². The van der Waals surface area contributed by atoms with Crippen molar-refractivity contribution in [2.24, 2.45) is 5.92 Å². The fourth-order valence-electron chi connectivity index (χ4n) is 3.47. The largest absolute Gasteiger partial charge is 0.396 e. The predicted octanol–water partition coefficient (Wildman–Crippen LogP) is 2.94. The molecule has 1 N–H and O–H groups in total. The molecule has 1 aliphatic heterocycles. The van der Waals surface area contributed by atoms with Gasteiger partial charge in [0, 0.05) is 31.1 Å². The second kappa shape index (κ2) is 6.59. The zero-order valence-electron chi connectivity index (χ0n) is 13.8. The Morgan fingerprint density at radius 3 is 2.57 bits per heavy atom. The number of carbonyl (C=O) groups is 1. The summed E-state index contributed by atoms with van der Waals surface area (Å²) < 4.78 is 2.13. The summed E-state index contributed by atoms with van der Waals surface area (Å²) in [4.78, 5) is 14.9. The van der Waals surface area contributed by atoms with Gasteiger partial charge in [-0.15, -0.1) is 0 Å². The molecule has 4 nitrogen and oxygen atoms in total. The van der Waals surface area contributed by atoms with Crippen LogP contribution in [0.3, 0.4) is 0 Å². The van der Waals surface area contributed by atoms with Crippen molar-refractivity contribution in [3.05, 3.63) is 53.3 Å². The molecule has 0 saturated carbocycles. The fraction of sp³-hybridized carbons (Fsp3) is 0.421. The van der Waals surface area contributed by atoms with E-state index in [2.05, 4.69) is 30.5 Å². The molecule has 1 saturated heterocycles. The van der Waals surface area contributed by atoms with E-state index in [0.717, 1.165) is 42.0 Å². The fourth-order valence-corrected chi connectivity index (χ4v) is 3.47. The smallest absolute Gasteiger partial charge is 0.255 e. The van der Waals surface area contributed by atoms with Gasteiger partial charge in [-0.2, -0.15) is 0 Å². The third-order valence-corrected chi connectivity index (χ3v) is 4.71. The minimum atomic E-state index is 0.0613. The van der Waals surface area contributed by atoms with Crippen molar-refractivity contribution >= 4 is 5.91 Å². The lowest BCUT2D eigenvalue weighted by Gasteiger charge is -2.32. The Balaban J connectivity index is 1.96. The first-order valence-electron chi connectivity index (χ1n) is 8.26. The number of aromatic nitrogens is 1. The number of nitrogens with zero attached hydrogens (tertiary/aromatic N) is 2. The number of amides is 1. The Kier molecular flexibility index (Phi) is 4.53. The molecule has 1 unspecified atom stereocenters. The van der Waals surface area contributed by atoms with Crippen molar-refractivity contribution in [2.75, 3.05) is 19.7 Å². The number of hydrogen-bond acceptors (Lipinski definition) is 2. The molecule has 1 atom stereocenters. The van der Waals surface area contributed by atoms with Crippen LogP contribution in [0.15, 0.2) is 36.4 Å². The van der Waals surface area contributed by atoms with Gasteiger partial charge in [-0.25, -0.2) is 0 Å². The topological polar surface area (TPSA) is 45.5 Å². The van der Waals surface area contributed by atoms with Crippen molar-refractivity contribution in [1.29, 1.82) is 0 Å². The summed E-state index contributed by atoms with van der Waals surface area (Å²) in [6.45, 7) is 5.68. The summed E-state index contributed by atoms with van der Waals surface area (Å²) in [6, 6.07) is 11.9. The molecule has 3 rings (SSSR count). The number of carbonyl (C=O) groups excluding carboxylic acids is 1. The first-order chi connectivity index (χ1) is 11.1. The second-order valence-electron chi connectivity index (χ2n) is 6.41. The molecule has 0 radical (unpaired) electrons. The Hall–Kier alpha value is -2.07. The molecular formula is C19H24N2O2. The van der Waals surface area contributed by atoms with Gasteiger partial charge in [-0.3, -0.25) is 4.79 Å². The Bertz CT molecular complexity index is 686. The van der Waals surface area contributed by atoms with Gasteiger partial charge in [0.2, 0.25) is 0 Å². The first kappa shape index (κ1) is 15.8. The highest BCUT2D eigenvalue weighted by Crippen LogP contribution is 2.24. The number of likely N-dealkylation sites (tertiary alicyclic amines) is 1. The highest BCUT2D eigenvalue weighted by molar-refractivity contribution is 5.98. The molecular weight excluding hydrogens is 288 g/mol. The van der Waals surface area contributed by atoms with Crippen molar-refractivity contribution in [3.63, 3.8) is 0 Å². The summed E-state index contributed by atoms with van der Waals surface area (Å²) >= 11 is 0. The summed E-state index contributed by atoms with van der Waals surface area (Å²) in [7, 11) is 0. The van der Waals surface area contributed by atoms with Crippen LogP contribution in [-0.4, -0.2) is 40.2 Å². The zero-order chi connectivity index (χ0) is 16.4. The van der Waals surface area contributed by atoms with Gasteiger partial charge >= 0.3 is 0 Å². The van der Waals surface area contributed by atoms with E-state index in [-0.39, 0.29) is 18.4 Å². The van der Waals surface area contributed by atoms with E-state index >= 15 is 0 Å². The molecule has 2 heterocycles. The quantitative estimate of drug-likeness (QED) is 0.947. The van der Waals surface area contributed by atoms with Crippen LogP contribution in [0.4, 0.5) is 0 Å². The summed E-state index contributed by atoms with van der Waals surface area (Å²) in [6.07, 6.45) is 1.96. The number of hydrogen-bond donors (Lipinski definition) is 1. The minimum absolute atomic E-state index is 0.0613. The van der Waals surface area contributed by atoms with Crippen LogP contribution in [0.25, 0.3) is 5.69 Å². The molecule has 122 valence electrons. The number of aliphatic hydroxyl groups is 1. The monoisotopic (exact) mass is 312 g/mol. The summed E-state index contributed by atoms with van der Waals surface area (Å²) in [5, 5.41) is 9.40. The molecule has 1 aromatic heterocycles. The normalized spacial score (nSPS) is 18.2. The Morgan fingerprint density at radius 2 is 1.87 bits per heavy atom. The zero-order valence-corrected chi connectivity index (χ0v) is 13.8. The van der Waals surface area contributed by atoms with Gasteiger partial charge in [0.25, 0.3) is 5.91 Å². The summed E-state index contributed by atoms with van der Waals surface area (Å²) in [5.74, 6) is 0.265. The molecule has 23 heavy (non-hydrogen) atoms. The van der Waals surface area contributed by atoms with Crippen LogP contribution in [0, 0.1) is 19.8 Å². The SMILES string of the molecule is Cc1ccc(C)n1-c1ccccc1C(=O)N1CCCC(CO)C1. The number of benzene rings is 1. The van der Waals surface area contributed by atoms with E-state index in [9.17, 15) is 9.90 Å². The van der Waals surface area contributed by atoms with E-state index in [0.29, 0.717) is 6.54 Å². The Labute approximate surface area is 137 Å². The predicted molar refractivity (Wildman–Crippen MR) is 91.0 cm³/mol. The lowest BCUT2D eigenvalue weighted by molar-refractivity contribution is 0.0620. The Morgan fingerprint density at radius 1 is 1.17 bits per heavy atom. The van der Waals surface area contributed by atoms with Crippen molar-refractivity contribution in [3.8, 4) is 5.69 Å². The summed E-state index contributed by atoms with van der Waals surface area (Å²) in [5.41, 5.74) is 3.90. The van der Waals surface area contributed by atoms with Gasteiger partial charge < -0.3 is 14.6 Å². The molecule has 4 heteroatoms. The van der Waals surface area contributed by atoms with Crippen LogP contribution >= 0.6 is 0 Å². The highest BCUT2D eigenvalue weighted by atomic mass is 16.3. The van der Waals surface area contributed by atoms with Crippen molar-refractivity contribution in [2.45, 2.75) is 26.7 Å². The van der Waals surface area contributed by atoms with Gasteiger partial charge in [-0.05, 0) is 56.9 Å². The lowest BCUT2D eigenvalue weighted by Crippen LogP contribution is -2.41. The molecule has 2 aromatic rings. The third-order valence-electron chi connectivity index (χ3n) is 4.71. The molecule has 1 amide bonds. The van der Waals surface area contributed by atoms with Gasteiger partial charge in [0.15, 0.2) is 0 Å². The van der Waals surface area contributed by atoms with Crippen LogP contribution in [-0.2, 0) is 0 Å². The number of piperidine rings is 1.